The van der Waals surface area contributed by atoms with E-state index in [2.05, 4.69) is 4.98 Å². The molecule has 1 aromatic rings. The number of likely N-dealkylation sites (N-methyl/N-ethyl adjacent to an activating group) is 1. The molecule has 1 aliphatic rings. The number of hydrogen-bond donors (Lipinski definition) is 1. The molecular formula is C14H18N2O4. The van der Waals surface area contributed by atoms with Crippen LogP contribution in [0.5, 0.6) is 0 Å². The van der Waals surface area contributed by atoms with Gasteiger partial charge in [-0.1, -0.05) is 0 Å². The highest BCUT2D eigenvalue weighted by Gasteiger charge is 2.22. The number of amides is 1. The Bertz CT molecular complexity index is 524. The number of nitrogens with zero attached hydrogens (tertiary/aromatic N) is 2. The monoisotopic (exact) mass is 278 g/mol. The summed E-state index contributed by atoms with van der Waals surface area (Å²) >= 11 is 0. The minimum atomic E-state index is -1.04. The van der Waals surface area contributed by atoms with Crippen molar-refractivity contribution in [3.8, 4) is 0 Å². The number of hydrogen-bond acceptors (Lipinski definition) is 4. The smallest absolute Gasteiger partial charge is 0.337 e. The third kappa shape index (κ3) is 3.14. The Kier molecular flexibility index (Phi) is 4.34. The molecule has 1 N–H and O–H groups in total. The lowest BCUT2D eigenvalue weighted by atomic mass is 10.1. The van der Waals surface area contributed by atoms with Crippen molar-refractivity contribution in [3.63, 3.8) is 0 Å². The maximum Gasteiger partial charge on any atom is 0.337 e. The van der Waals surface area contributed by atoms with Crippen LogP contribution in [-0.4, -0.2) is 53.2 Å². The second kappa shape index (κ2) is 6.00. The van der Waals surface area contributed by atoms with Crippen molar-refractivity contribution in [1.82, 2.24) is 9.88 Å². The summed E-state index contributed by atoms with van der Waals surface area (Å²) in [4.78, 5) is 28.8. The third-order valence-electron chi connectivity index (χ3n) is 3.38. The van der Waals surface area contributed by atoms with E-state index < -0.39 is 5.97 Å². The first-order valence-electron chi connectivity index (χ1n) is 6.57. The quantitative estimate of drug-likeness (QED) is 0.899. The van der Waals surface area contributed by atoms with Gasteiger partial charge in [0.2, 0.25) is 0 Å². The van der Waals surface area contributed by atoms with Crippen molar-refractivity contribution >= 4 is 11.9 Å². The molecule has 0 aliphatic carbocycles. The molecule has 0 unspecified atom stereocenters. The molecule has 20 heavy (non-hydrogen) atoms. The van der Waals surface area contributed by atoms with Crippen LogP contribution in [0.3, 0.4) is 0 Å². The minimum absolute atomic E-state index is 0.0864. The molecular weight excluding hydrogens is 260 g/mol. The number of ether oxygens (including phenoxy) is 1. The summed E-state index contributed by atoms with van der Waals surface area (Å²) in [6.07, 6.45) is 2.07. The van der Waals surface area contributed by atoms with E-state index in [1.807, 2.05) is 0 Å². The lowest BCUT2D eigenvalue weighted by Crippen LogP contribution is -2.34. The maximum absolute atomic E-state index is 12.2. The highest BCUT2D eigenvalue weighted by atomic mass is 16.5. The maximum atomic E-state index is 12.2. The van der Waals surface area contributed by atoms with Crippen LogP contribution >= 0.6 is 0 Å². The summed E-state index contributed by atoms with van der Waals surface area (Å²) in [5, 5.41) is 8.94. The summed E-state index contributed by atoms with van der Waals surface area (Å²) in [6.45, 7) is 2.86. The van der Waals surface area contributed by atoms with E-state index in [1.165, 1.54) is 12.1 Å². The highest BCUT2D eigenvalue weighted by molar-refractivity contribution is 5.94. The van der Waals surface area contributed by atoms with Crippen LogP contribution < -0.4 is 0 Å². The second-order valence-corrected chi connectivity index (χ2v) is 4.96. The molecule has 2 rings (SSSR count). The number of carbonyl (C=O) groups is 2. The third-order valence-corrected chi connectivity index (χ3v) is 3.38. The van der Waals surface area contributed by atoms with Gasteiger partial charge in [-0.25, -0.2) is 9.78 Å². The molecule has 1 saturated heterocycles. The molecule has 0 bridgehead atoms. The Labute approximate surface area is 117 Å². The molecule has 0 spiro atoms. The van der Waals surface area contributed by atoms with Crippen LogP contribution in [0, 0.1) is 6.92 Å². The minimum Gasteiger partial charge on any atom is -0.478 e. The number of carbonyl (C=O) groups excluding carboxylic acids is 1. The van der Waals surface area contributed by atoms with Gasteiger partial charge in [-0.05, 0) is 31.9 Å². The standard InChI is InChI=1S/C14H18N2O4/c1-9-11(14(18)19)5-6-12(15-9)13(17)16(2)8-10-4-3-7-20-10/h5-6,10H,3-4,7-8H2,1-2H3,(H,18,19)/t10-/m0/s1. The molecule has 1 aromatic heterocycles. The van der Waals surface area contributed by atoms with Crippen LogP contribution in [0.15, 0.2) is 12.1 Å². The van der Waals surface area contributed by atoms with Gasteiger partial charge in [0, 0.05) is 20.2 Å². The van der Waals surface area contributed by atoms with E-state index in [0.717, 1.165) is 19.4 Å². The van der Waals surface area contributed by atoms with E-state index >= 15 is 0 Å². The fourth-order valence-corrected chi connectivity index (χ4v) is 2.28. The molecule has 1 fully saturated rings. The molecule has 2 heterocycles. The first kappa shape index (κ1) is 14.5. The average Bonchev–Trinajstić information content (AvgIpc) is 2.90. The van der Waals surface area contributed by atoms with E-state index in [1.54, 1.807) is 18.9 Å². The summed E-state index contributed by atoms with van der Waals surface area (Å²) in [7, 11) is 1.70. The largest absolute Gasteiger partial charge is 0.478 e. The van der Waals surface area contributed by atoms with E-state index in [-0.39, 0.29) is 23.3 Å². The molecule has 6 nitrogen and oxygen atoms in total. The topological polar surface area (TPSA) is 79.7 Å². The van der Waals surface area contributed by atoms with Gasteiger partial charge < -0.3 is 14.7 Å². The van der Waals surface area contributed by atoms with Crippen LogP contribution in [-0.2, 0) is 4.74 Å². The van der Waals surface area contributed by atoms with E-state index in [0.29, 0.717) is 12.2 Å². The summed E-state index contributed by atoms with van der Waals surface area (Å²) < 4.78 is 5.49. The Morgan fingerprint density at radius 2 is 2.25 bits per heavy atom. The van der Waals surface area contributed by atoms with Crippen LogP contribution in [0.4, 0.5) is 0 Å². The summed E-state index contributed by atoms with van der Waals surface area (Å²) in [5.74, 6) is -1.26. The van der Waals surface area contributed by atoms with Gasteiger partial charge in [0.15, 0.2) is 0 Å². The normalized spacial score (nSPS) is 18.0. The summed E-state index contributed by atoms with van der Waals surface area (Å²) in [6, 6.07) is 2.86. The molecule has 0 radical (unpaired) electrons. The van der Waals surface area contributed by atoms with Crippen LogP contribution in [0.2, 0.25) is 0 Å². The van der Waals surface area contributed by atoms with Crippen molar-refractivity contribution in [2.45, 2.75) is 25.9 Å². The Morgan fingerprint density at radius 3 is 2.80 bits per heavy atom. The van der Waals surface area contributed by atoms with Gasteiger partial charge in [0.05, 0.1) is 17.4 Å². The van der Waals surface area contributed by atoms with Gasteiger partial charge in [-0.3, -0.25) is 4.79 Å². The highest BCUT2D eigenvalue weighted by Crippen LogP contribution is 2.14. The predicted molar refractivity (Wildman–Crippen MR) is 71.9 cm³/mol. The van der Waals surface area contributed by atoms with Gasteiger partial charge >= 0.3 is 5.97 Å². The van der Waals surface area contributed by atoms with Crippen molar-refractivity contribution < 1.29 is 19.4 Å². The zero-order chi connectivity index (χ0) is 14.7. The van der Waals surface area contributed by atoms with Crippen LogP contribution in [0.25, 0.3) is 0 Å². The Balaban J connectivity index is 2.08. The van der Waals surface area contributed by atoms with Crippen LogP contribution in [0.1, 0.15) is 39.4 Å². The first-order chi connectivity index (χ1) is 9.49. The zero-order valence-corrected chi connectivity index (χ0v) is 11.6. The molecule has 108 valence electrons. The van der Waals surface area contributed by atoms with Crippen molar-refractivity contribution in [2.75, 3.05) is 20.2 Å². The van der Waals surface area contributed by atoms with Crippen molar-refractivity contribution in [1.29, 1.82) is 0 Å². The molecule has 0 aromatic carbocycles. The molecule has 6 heteroatoms. The molecule has 1 atom stereocenters. The Hall–Kier alpha value is -1.95. The van der Waals surface area contributed by atoms with Gasteiger partial charge in [-0.2, -0.15) is 0 Å². The van der Waals surface area contributed by atoms with Gasteiger partial charge in [-0.15, -0.1) is 0 Å². The van der Waals surface area contributed by atoms with Crippen molar-refractivity contribution in [3.05, 3.63) is 29.1 Å². The SMILES string of the molecule is Cc1nc(C(=O)N(C)C[C@@H]2CCCO2)ccc1C(=O)O. The predicted octanol–water partition coefficient (Wildman–Crippen LogP) is 1.34. The number of aryl methyl sites for hydroxylation is 1. The molecule has 1 aliphatic heterocycles. The number of aromatic nitrogens is 1. The number of carboxylic acids is 1. The van der Waals surface area contributed by atoms with Crippen molar-refractivity contribution in [2.24, 2.45) is 0 Å². The first-order valence-corrected chi connectivity index (χ1v) is 6.57. The fourth-order valence-electron chi connectivity index (χ4n) is 2.28. The van der Waals surface area contributed by atoms with Gasteiger partial charge in [0.25, 0.3) is 5.91 Å². The molecule has 0 saturated carbocycles. The Morgan fingerprint density at radius 1 is 1.50 bits per heavy atom. The van der Waals surface area contributed by atoms with E-state index in [9.17, 15) is 9.59 Å². The summed E-state index contributed by atoms with van der Waals surface area (Å²) in [5.41, 5.74) is 0.713. The second-order valence-electron chi connectivity index (χ2n) is 4.96. The fraction of sp³-hybridized carbons (Fsp3) is 0.500. The number of carboxylic acid groups (broad SMARTS) is 1. The zero-order valence-electron chi connectivity index (χ0n) is 11.6. The van der Waals surface area contributed by atoms with E-state index in [4.69, 9.17) is 9.84 Å². The molecule has 1 amide bonds. The number of pyridine rings is 1. The van der Waals surface area contributed by atoms with Gasteiger partial charge in [0.1, 0.15) is 5.69 Å². The lowest BCUT2D eigenvalue weighted by molar-refractivity contribution is 0.0581. The number of rotatable bonds is 4. The average molecular weight is 278 g/mol. The lowest BCUT2D eigenvalue weighted by Gasteiger charge is -2.20. The number of aromatic carboxylic acids is 1.